The van der Waals surface area contributed by atoms with Crippen molar-refractivity contribution in [2.45, 2.75) is 40.7 Å². The van der Waals surface area contributed by atoms with Crippen LogP contribution < -0.4 is 0 Å². The number of aryl methyl sites for hydroxylation is 4. The quantitative estimate of drug-likeness (QED) is 0.287. The molecule has 2 aromatic heterocycles. The second kappa shape index (κ2) is 9.42. The molecule has 0 fully saturated rings. The van der Waals surface area contributed by atoms with Crippen molar-refractivity contribution < 1.29 is 9.90 Å². The number of carboxylic acid groups (broad SMARTS) is 1. The number of rotatable bonds is 6. The number of aromatic nitrogens is 3. The van der Waals surface area contributed by atoms with Gasteiger partial charge in [-0.05, 0) is 72.4 Å². The molecule has 5 rings (SSSR count). The molecule has 36 heavy (non-hydrogen) atoms. The predicted octanol–water partition coefficient (Wildman–Crippen LogP) is 7.00. The zero-order valence-electron chi connectivity index (χ0n) is 21.0. The molecule has 0 atom stereocenters. The summed E-state index contributed by atoms with van der Waals surface area (Å²) in [4.78, 5) is 21.6. The highest BCUT2D eigenvalue weighted by atomic mass is 16.4. The first-order valence-corrected chi connectivity index (χ1v) is 12.2. The number of fused-ring (bicyclic) bond motifs is 1. The van der Waals surface area contributed by atoms with Crippen LogP contribution in [0.1, 0.15) is 45.5 Å². The van der Waals surface area contributed by atoms with Crippen molar-refractivity contribution in [3.63, 3.8) is 0 Å². The van der Waals surface area contributed by atoms with Crippen molar-refractivity contribution in [3.8, 4) is 22.3 Å². The topological polar surface area (TPSA) is 68.0 Å². The summed E-state index contributed by atoms with van der Waals surface area (Å²) in [7, 11) is 0. The van der Waals surface area contributed by atoms with Gasteiger partial charge in [-0.3, -0.25) is 0 Å². The maximum Gasteiger partial charge on any atom is 0.336 e. The van der Waals surface area contributed by atoms with E-state index >= 15 is 0 Å². The Morgan fingerprint density at radius 1 is 0.861 bits per heavy atom. The molecule has 3 aromatic carbocycles. The molecule has 5 aromatic rings. The Morgan fingerprint density at radius 2 is 1.58 bits per heavy atom. The predicted molar refractivity (Wildman–Crippen MR) is 144 cm³/mol. The van der Waals surface area contributed by atoms with Crippen LogP contribution in [0.5, 0.6) is 0 Å². The zero-order chi connectivity index (χ0) is 25.4. The normalized spacial score (nSPS) is 11.2. The molecule has 0 aliphatic heterocycles. The molecule has 1 N–H and O–H groups in total. The van der Waals surface area contributed by atoms with Crippen LogP contribution in [0, 0.1) is 20.8 Å². The lowest BCUT2D eigenvalue weighted by Crippen LogP contribution is -2.06. The van der Waals surface area contributed by atoms with Gasteiger partial charge in [0.05, 0.1) is 12.1 Å². The monoisotopic (exact) mass is 475 g/mol. The van der Waals surface area contributed by atoms with E-state index in [1.54, 1.807) is 6.07 Å². The average Bonchev–Trinajstić information content (AvgIpc) is 3.21. The summed E-state index contributed by atoms with van der Waals surface area (Å²) in [5.41, 5.74) is 10.2. The van der Waals surface area contributed by atoms with Crippen LogP contribution in [0.4, 0.5) is 0 Å². The number of carboxylic acids is 1. The van der Waals surface area contributed by atoms with Gasteiger partial charge in [-0.15, -0.1) is 0 Å². The average molecular weight is 476 g/mol. The smallest absolute Gasteiger partial charge is 0.336 e. The standard InChI is InChI=1S/C31H29N3O2/c1-5-28-33-29-20(3)16-21(4)32-30(29)34(28)18-22-9-11-23(12-10-22)27-17-25(13-14-26(27)31(35)36)24-8-6-7-19(2)15-24/h6-17H,5,18H2,1-4H3,(H,35,36). The van der Waals surface area contributed by atoms with E-state index in [4.69, 9.17) is 9.97 Å². The molecular weight excluding hydrogens is 446 g/mol. The molecule has 0 aliphatic rings. The minimum absolute atomic E-state index is 0.295. The first-order valence-electron chi connectivity index (χ1n) is 12.2. The molecule has 0 radical (unpaired) electrons. The molecule has 0 aliphatic carbocycles. The van der Waals surface area contributed by atoms with E-state index < -0.39 is 5.97 Å². The molecule has 0 saturated carbocycles. The number of pyridine rings is 1. The second-order valence-corrected chi connectivity index (χ2v) is 9.35. The number of imidazole rings is 1. The molecule has 0 bridgehead atoms. The van der Waals surface area contributed by atoms with Gasteiger partial charge in [-0.2, -0.15) is 0 Å². The third kappa shape index (κ3) is 4.40. The summed E-state index contributed by atoms with van der Waals surface area (Å²) >= 11 is 0. The van der Waals surface area contributed by atoms with E-state index in [0.717, 1.165) is 56.9 Å². The third-order valence-electron chi connectivity index (χ3n) is 6.62. The highest BCUT2D eigenvalue weighted by Crippen LogP contribution is 2.31. The van der Waals surface area contributed by atoms with Crippen LogP contribution in [-0.4, -0.2) is 25.6 Å². The molecular formula is C31H29N3O2. The van der Waals surface area contributed by atoms with Crippen LogP contribution in [0.2, 0.25) is 0 Å². The fourth-order valence-electron chi connectivity index (χ4n) is 4.83. The van der Waals surface area contributed by atoms with Gasteiger partial charge in [0.2, 0.25) is 0 Å². The Kier molecular flexibility index (Phi) is 6.15. The summed E-state index contributed by atoms with van der Waals surface area (Å²) in [5, 5.41) is 9.84. The van der Waals surface area contributed by atoms with E-state index in [-0.39, 0.29) is 0 Å². The summed E-state index contributed by atoms with van der Waals surface area (Å²) in [6.07, 6.45) is 0.820. The number of carbonyl (C=O) groups is 1. The van der Waals surface area contributed by atoms with Gasteiger partial charge < -0.3 is 9.67 Å². The van der Waals surface area contributed by atoms with Crippen molar-refractivity contribution in [2.24, 2.45) is 0 Å². The Morgan fingerprint density at radius 3 is 2.28 bits per heavy atom. The van der Waals surface area contributed by atoms with Gasteiger partial charge in [0.25, 0.3) is 0 Å². The third-order valence-corrected chi connectivity index (χ3v) is 6.62. The van der Waals surface area contributed by atoms with Crippen molar-refractivity contribution in [3.05, 3.63) is 107 Å². The molecule has 0 amide bonds. The summed E-state index contributed by atoms with van der Waals surface area (Å²) < 4.78 is 2.19. The fraction of sp³-hybridized carbons (Fsp3) is 0.194. The van der Waals surface area contributed by atoms with E-state index in [2.05, 4.69) is 55.7 Å². The van der Waals surface area contributed by atoms with E-state index in [9.17, 15) is 9.90 Å². The molecule has 5 heteroatoms. The second-order valence-electron chi connectivity index (χ2n) is 9.35. The van der Waals surface area contributed by atoms with Gasteiger partial charge in [-0.25, -0.2) is 14.8 Å². The van der Waals surface area contributed by atoms with Gasteiger partial charge in [0.15, 0.2) is 5.65 Å². The highest BCUT2D eigenvalue weighted by Gasteiger charge is 2.16. The van der Waals surface area contributed by atoms with Crippen molar-refractivity contribution in [1.82, 2.24) is 14.5 Å². The SMILES string of the molecule is CCc1nc2c(C)cc(C)nc2n1Cc1ccc(-c2cc(-c3cccc(C)c3)ccc2C(=O)O)cc1. The van der Waals surface area contributed by atoms with E-state index in [1.807, 2.05) is 43.3 Å². The Labute approximate surface area is 211 Å². The van der Waals surface area contributed by atoms with Crippen LogP contribution >= 0.6 is 0 Å². The van der Waals surface area contributed by atoms with Crippen LogP contribution in [0.15, 0.2) is 72.8 Å². The number of nitrogens with zero attached hydrogens (tertiary/aromatic N) is 3. The van der Waals surface area contributed by atoms with Gasteiger partial charge >= 0.3 is 5.97 Å². The van der Waals surface area contributed by atoms with Gasteiger partial charge in [0, 0.05) is 12.1 Å². The number of hydrogen-bond donors (Lipinski definition) is 1. The molecule has 5 nitrogen and oxygen atoms in total. The first-order chi connectivity index (χ1) is 17.3. The first kappa shape index (κ1) is 23.5. The number of benzene rings is 3. The fourth-order valence-corrected chi connectivity index (χ4v) is 4.83. The number of hydrogen-bond acceptors (Lipinski definition) is 3. The lowest BCUT2D eigenvalue weighted by molar-refractivity contribution is 0.0697. The van der Waals surface area contributed by atoms with Gasteiger partial charge in [-0.1, -0.05) is 67.1 Å². The van der Waals surface area contributed by atoms with Crippen molar-refractivity contribution in [2.75, 3.05) is 0 Å². The van der Waals surface area contributed by atoms with Crippen LogP contribution in [0.25, 0.3) is 33.4 Å². The lowest BCUT2D eigenvalue weighted by atomic mass is 9.93. The van der Waals surface area contributed by atoms with Crippen molar-refractivity contribution >= 4 is 17.1 Å². The Balaban J connectivity index is 1.52. The highest BCUT2D eigenvalue weighted by molar-refractivity contribution is 5.97. The van der Waals surface area contributed by atoms with E-state index in [1.165, 1.54) is 5.56 Å². The Bertz CT molecular complexity index is 1600. The molecule has 0 saturated heterocycles. The summed E-state index contributed by atoms with van der Waals surface area (Å²) in [5.74, 6) is 0.0773. The van der Waals surface area contributed by atoms with Crippen LogP contribution in [0.3, 0.4) is 0 Å². The number of aromatic carboxylic acids is 1. The summed E-state index contributed by atoms with van der Waals surface area (Å²) in [6, 6.07) is 24.0. The van der Waals surface area contributed by atoms with Crippen molar-refractivity contribution in [1.29, 1.82) is 0 Å². The maximum atomic E-state index is 12.0. The minimum atomic E-state index is -0.931. The molecule has 180 valence electrons. The Hall–Kier alpha value is -4.25. The largest absolute Gasteiger partial charge is 0.478 e. The molecule has 0 spiro atoms. The maximum absolute atomic E-state index is 12.0. The van der Waals surface area contributed by atoms with E-state index in [0.29, 0.717) is 17.7 Å². The molecule has 0 unspecified atom stereocenters. The lowest BCUT2D eigenvalue weighted by Gasteiger charge is -2.12. The molecule has 2 heterocycles. The van der Waals surface area contributed by atoms with Crippen LogP contribution in [-0.2, 0) is 13.0 Å². The summed E-state index contributed by atoms with van der Waals surface area (Å²) in [6.45, 7) is 8.91. The minimum Gasteiger partial charge on any atom is -0.478 e. The zero-order valence-corrected chi connectivity index (χ0v) is 21.0. The van der Waals surface area contributed by atoms with Gasteiger partial charge in [0.1, 0.15) is 11.3 Å².